The predicted octanol–water partition coefficient (Wildman–Crippen LogP) is -0.160. The summed E-state index contributed by atoms with van der Waals surface area (Å²) in [5.41, 5.74) is 0. The number of aliphatic hydroxyl groups is 1. The Labute approximate surface area is 157 Å². The Morgan fingerprint density at radius 1 is 1.26 bits per heavy atom. The molecule has 0 bridgehead atoms. The zero-order chi connectivity index (χ0) is 20.0. The summed E-state index contributed by atoms with van der Waals surface area (Å²) >= 11 is 0. The number of rotatable bonds is 7. The van der Waals surface area contributed by atoms with Gasteiger partial charge in [-0.05, 0) is 44.0 Å². The first-order valence-corrected chi connectivity index (χ1v) is 10.1. The molecule has 1 heterocycles. The number of halogens is 1. The summed E-state index contributed by atoms with van der Waals surface area (Å²) in [6.07, 6.45) is 0.661. The number of carbonyl (C=O) groups is 2. The summed E-state index contributed by atoms with van der Waals surface area (Å²) in [6, 6.07) is 3.88. The van der Waals surface area contributed by atoms with Gasteiger partial charge in [0, 0.05) is 25.6 Å². The molecule has 1 fully saturated rings. The Kier molecular flexibility index (Phi) is 7.28. The molecule has 0 radical (unpaired) electrons. The van der Waals surface area contributed by atoms with Gasteiger partial charge in [-0.15, -0.1) is 0 Å². The zero-order valence-corrected chi connectivity index (χ0v) is 15.8. The first-order valence-electron chi connectivity index (χ1n) is 8.70. The first-order chi connectivity index (χ1) is 12.8. The highest BCUT2D eigenvalue weighted by atomic mass is 32.2. The summed E-state index contributed by atoms with van der Waals surface area (Å²) in [5, 5.41) is 13.8. The lowest BCUT2D eigenvalue weighted by Gasteiger charge is -2.31. The second kappa shape index (κ2) is 9.25. The summed E-state index contributed by atoms with van der Waals surface area (Å²) in [4.78, 5) is 24.0. The second-order valence-corrected chi connectivity index (χ2v) is 8.32. The molecule has 0 spiro atoms. The van der Waals surface area contributed by atoms with Gasteiger partial charge in [0.1, 0.15) is 11.9 Å². The van der Waals surface area contributed by atoms with Gasteiger partial charge in [-0.1, -0.05) is 0 Å². The van der Waals surface area contributed by atoms with Gasteiger partial charge in [-0.25, -0.2) is 12.8 Å². The van der Waals surface area contributed by atoms with Crippen molar-refractivity contribution in [2.75, 3.05) is 26.2 Å². The van der Waals surface area contributed by atoms with Gasteiger partial charge in [0.25, 0.3) is 0 Å². The van der Waals surface area contributed by atoms with Crippen molar-refractivity contribution in [1.29, 1.82) is 0 Å². The number of amides is 2. The maximum absolute atomic E-state index is 13.0. The monoisotopic (exact) mass is 401 g/mol. The van der Waals surface area contributed by atoms with Gasteiger partial charge >= 0.3 is 0 Å². The highest BCUT2D eigenvalue weighted by Crippen LogP contribution is 2.24. The molecule has 1 atom stereocenters. The van der Waals surface area contributed by atoms with Crippen LogP contribution in [0.15, 0.2) is 29.2 Å². The van der Waals surface area contributed by atoms with E-state index in [1.165, 1.54) is 16.4 Å². The van der Waals surface area contributed by atoms with Crippen LogP contribution in [-0.2, 0) is 19.6 Å². The number of nitrogens with zero attached hydrogens (tertiary/aromatic N) is 1. The van der Waals surface area contributed by atoms with Crippen molar-refractivity contribution in [3.8, 4) is 0 Å². The minimum absolute atomic E-state index is 0.0148. The number of carbonyl (C=O) groups excluding carboxylic acids is 2. The maximum atomic E-state index is 13.0. The Bertz CT molecular complexity index is 761. The Morgan fingerprint density at radius 2 is 1.85 bits per heavy atom. The molecule has 3 N–H and O–H groups in total. The molecule has 8 nitrogen and oxygen atoms in total. The van der Waals surface area contributed by atoms with E-state index in [-0.39, 0.29) is 37.0 Å². The lowest BCUT2D eigenvalue weighted by molar-refractivity contribution is -0.131. The van der Waals surface area contributed by atoms with E-state index in [0.29, 0.717) is 12.8 Å². The van der Waals surface area contributed by atoms with E-state index in [1.54, 1.807) is 6.92 Å². The molecule has 0 saturated carbocycles. The fourth-order valence-electron chi connectivity index (χ4n) is 2.84. The number of hydrogen-bond acceptors (Lipinski definition) is 5. The predicted molar refractivity (Wildman–Crippen MR) is 95.6 cm³/mol. The molecule has 0 aliphatic carbocycles. The Morgan fingerprint density at radius 3 is 2.41 bits per heavy atom. The number of benzene rings is 1. The highest BCUT2D eigenvalue weighted by Gasteiger charge is 2.32. The number of nitrogens with one attached hydrogen (secondary N) is 2. The molecule has 1 aromatic carbocycles. The quantitative estimate of drug-likeness (QED) is 0.587. The summed E-state index contributed by atoms with van der Waals surface area (Å²) in [7, 11) is -3.73. The van der Waals surface area contributed by atoms with E-state index >= 15 is 0 Å². The standard InChI is InChI=1S/C17H24FN3O5S/c1-12(16(23)19-8-11-22)20-17(24)13-6-9-21(10-7-13)27(25,26)15-4-2-14(18)3-5-15/h2-5,12-13,22H,6-11H2,1H3,(H,19,23)(H,20,24)/t12-/m0/s1. The van der Waals surface area contributed by atoms with Crippen LogP contribution in [0, 0.1) is 11.7 Å². The van der Waals surface area contributed by atoms with E-state index < -0.39 is 33.7 Å². The molecule has 27 heavy (non-hydrogen) atoms. The molecule has 1 saturated heterocycles. The van der Waals surface area contributed by atoms with Crippen LogP contribution in [0.2, 0.25) is 0 Å². The number of aliphatic hydroxyl groups excluding tert-OH is 1. The lowest BCUT2D eigenvalue weighted by Crippen LogP contribution is -2.49. The van der Waals surface area contributed by atoms with Gasteiger partial charge < -0.3 is 15.7 Å². The van der Waals surface area contributed by atoms with Crippen molar-refractivity contribution in [2.24, 2.45) is 5.92 Å². The molecular weight excluding hydrogens is 377 g/mol. The Hall–Kier alpha value is -2.04. The summed E-state index contributed by atoms with van der Waals surface area (Å²) in [6.45, 7) is 1.80. The number of piperidine rings is 1. The van der Waals surface area contributed by atoms with Crippen LogP contribution < -0.4 is 10.6 Å². The average molecular weight is 401 g/mol. The summed E-state index contributed by atoms with van der Waals surface area (Å²) < 4.78 is 39.4. The van der Waals surface area contributed by atoms with Crippen molar-refractivity contribution in [3.63, 3.8) is 0 Å². The SMILES string of the molecule is C[C@H](NC(=O)C1CCN(S(=O)(=O)c2ccc(F)cc2)CC1)C(=O)NCCO. The molecule has 1 aliphatic rings. The third-order valence-electron chi connectivity index (χ3n) is 4.44. The van der Waals surface area contributed by atoms with E-state index in [2.05, 4.69) is 10.6 Å². The van der Waals surface area contributed by atoms with Crippen LogP contribution in [0.4, 0.5) is 4.39 Å². The van der Waals surface area contributed by atoms with Crippen molar-refractivity contribution >= 4 is 21.8 Å². The van der Waals surface area contributed by atoms with Crippen LogP contribution in [0.25, 0.3) is 0 Å². The van der Waals surface area contributed by atoms with Crippen LogP contribution >= 0.6 is 0 Å². The van der Waals surface area contributed by atoms with Gasteiger partial charge in [0.15, 0.2) is 0 Å². The topological polar surface area (TPSA) is 116 Å². The van der Waals surface area contributed by atoms with Crippen molar-refractivity contribution in [1.82, 2.24) is 14.9 Å². The smallest absolute Gasteiger partial charge is 0.243 e. The highest BCUT2D eigenvalue weighted by molar-refractivity contribution is 7.89. The van der Waals surface area contributed by atoms with Gasteiger partial charge in [-0.2, -0.15) is 4.31 Å². The average Bonchev–Trinajstić information content (AvgIpc) is 2.66. The van der Waals surface area contributed by atoms with Crippen molar-refractivity contribution in [3.05, 3.63) is 30.1 Å². The normalized spacial score (nSPS) is 17.3. The van der Waals surface area contributed by atoms with Crippen LogP contribution in [-0.4, -0.2) is 61.9 Å². The van der Waals surface area contributed by atoms with E-state index in [1.807, 2.05) is 0 Å². The molecular formula is C17H24FN3O5S. The van der Waals surface area contributed by atoms with Crippen molar-refractivity contribution in [2.45, 2.75) is 30.7 Å². The molecule has 1 aromatic rings. The molecule has 0 aromatic heterocycles. The first kappa shape index (κ1) is 21.3. The summed E-state index contributed by atoms with van der Waals surface area (Å²) in [5.74, 6) is -1.60. The van der Waals surface area contributed by atoms with Gasteiger partial charge in [0.2, 0.25) is 21.8 Å². The van der Waals surface area contributed by atoms with E-state index in [9.17, 15) is 22.4 Å². The Balaban J connectivity index is 1.89. The number of sulfonamides is 1. The van der Waals surface area contributed by atoms with E-state index in [4.69, 9.17) is 5.11 Å². The number of hydrogen-bond donors (Lipinski definition) is 3. The van der Waals surface area contributed by atoms with Crippen molar-refractivity contribution < 1.29 is 27.5 Å². The fourth-order valence-corrected chi connectivity index (χ4v) is 4.31. The van der Waals surface area contributed by atoms with Gasteiger partial charge in [-0.3, -0.25) is 9.59 Å². The third kappa shape index (κ3) is 5.47. The zero-order valence-electron chi connectivity index (χ0n) is 15.0. The largest absolute Gasteiger partial charge is 0.395 e. The molecule has 2 rings (SSSR count). The molecule has 150 valence electrons. The minimum Gasteiger partial charge on any atom is -0.395 e. The van der Waals surface area contributed by atoms with Crippen LogP contribution in [0.1, 0.15) is 19.8 Å². The molecule has 0 unspecified atom stereocenters. The molecule has 1 aliphatic heterocycles. The fraction of sp³-hybridized carbons (Fsp3) is 0.529. The maximum Gasteiger partial charge on any atom is 0.243 e. The van der Waals surface area contributed by atoms with E-state index in [0.717, 1.165) is 12.1 Å². The minimum atomic E-state index is -3.73. The van der Waals surface area contributed by atoms with Crippen LogP contribution in [0.3, 0.4) is 0 Å². The molecule has 2 amide bonds. The lowest BCUT2D eigenvalue weighted by atomic mass is 9.97. The third-order valence-corrected chi connectivity index (χ3v) is 6.35. The molecule has 10 heteroatoms. The van der Waals surface area contributed by atoms with Gasteiger partial charge in [0.05, 0.1) is 11.5 Å². The second-order valence-electron chi connectivity index (χ2n) is 6.38. The van der Waals surface area contributed by atoms with Crippen LogP contribution in [0.5, 0.6) is 0 Å².